The Kier molecular flexibility index (Phi) is 10.1. The summed E-state index contributed by atoms with van der Waals surface area (Å²) in [5, 5.41) is 27.0. The number of halogens is 3. The zero-order valence-electron chi connectivity index (χ0n) is 34.6. The third-order valence-corrected chi connectivity index (χ3v) is 14.0. The van der Waals surface area contributed by atoms with Crippen LogP contribution in [0.25, 0.3) is 21.8 Å². The smallest absolute Gasteiger partial charge is 0.301 e. The molecule has 62 heavy (non-hydrogen) atoms. The van der Waals surface area contributed by atoms with Crippen molar-refractivity contribution in [3.63, 3.8) is 0 Å². The molecule has 3 aromatic heterocycles. The van der Waals surface area contributed by atoms with Gasteiger partial charge in [0.05, 0.1) is 46.2 Å². The van der Waals surface area contributed by atoms with Crippen molar-refractivity contribution in [1.29, 1.82) is 0 Å². The van der Waals surface area contributed by atoms with Gasteiger partial charge in [0.15, 0.2) is 12.4 Å². The number of imide groups is 1. The average molecular weight is 871 g/mol. The predicted molar refractivity (Wildman–Crippen MR) is 230 cm³/mol. The van der Waals surface area contributed by atoms with Gasteiger partial charge in [0.1, 0.15) is 5.02 Å². The van der Waals surface area contributed by atoms with Crippen molar-refractivity contribution in [2.75, 3.05) is 54.9 Å². The van der Waals surface area contributed by atoms with Gasteiger partial charge in [-0.1, -0.05) is 23.7 Å². The Morgan fingerprint density at radius 2 is 1.74 bits per heavy atom. The van der Waals surface area contributed by atoms with E-state index in [9.17, 15) is 19.5 Å². The van der Waals surface area contributed by atoms with E-state index in [1.165, 1.54) is 4.57 Å². The number of likely N-dealkylation sites (tertiary alicyclic amines) is 1. The van der Waals surface area contributed by atoms with Gasteiger partial charge < -0.3 is 34.8 Å². The van der Waals surface area contributed by atoms with Crippen molar-refractivity contribution in [1.82, 2.24) is 34.5 Å². The number of aryl methyl sites for hydroxylation is 2. The number of alkyl halides is 2. The van der Waals surface area contributed by atoms with Crippen molar-refractivity contribution < 1.29 is 28.2 Å². The number of hydrogen-bond acceptors (Lipinski definition) is 12. The summed E-state index contributed by atoms with van der Waals surface area (Å²) in [5.74, 6) is -3.07. The van der Waals surface area contributed by atoms with Crippen LogP contribution in [0.15, 0.2) is 47.4 Å². The molecule has 3 saturated heterocycles. The number of carbonyl (C=O) groups is 2. The van der Waals surface area contributed by atoms with Crippen LogP contribution in [0, 0.1) is 11.8 Å². The zero-order chi connectivity index (χ0) is 43.1. The zero-order valence-corrected chi connectivity index (χ0v) is 35.4. The molecule has 7 heterocycles. The Morgan fingerprint density at radius 1 is 0.968 bits per heavy atom. The minimum absolute atomic E-state index is 0.115. The molecular weight excluding hydrogens is 822 g/mol. The van der Waals surface area contributed by atoms with E-state index in [4.69, 9.17) is 21.3 Å². The Morgan fingerprint density at radius 3 is 2.48 bits per heavy atom. The van der Waals surface area contributed by atoms with Gasteiger partial charge >= 0.3 is 5.92 Å². The van der Waals surface area contributed by atoms with Crippen LogP contribution in [0.5, 0.6) is 5.75 Å². The largest absolute Gasteiger partial charge is 0.480 e. The number of aromatic nitrogens is 5. The summed E-state index contributed by atoms with van der Waals surface area (Å²) in [5.41, 5.74) is 2.33. The van der Waals surface area contributed by atoms with E-state index in [2.05, 4.69) is 35.8 Å². The third-order valence-electron chi connectivity index (χ3n) is 13.7. The highest BCUT2D eigenvalue weighted by molar-refractivity contribution is 6.33. The first-order chi connectivity index (χ1) is 29.7. The lowest BCUT2D eigenvalue weighted by Gasteiger charge is -2.41. The Balaban J connectivity index is 0.772. The van der Waals surface area contributed by atoms with Gasteiger partial charge in [-0.25, -0.2) is 13.8 Å². The van der Waals surface area contributed by atoms with Crippen LogP contribution in [0.3, 0.4) is 0 Å². The molecule has 0 radical (unpaired) electrons. The van der Waals surface area contributed by atoms with Crippen LogP contribution in [0.1, 0.15) is 68.5 Å². The summed E-state index contributed by atoms with van der Waals surface area (Å²) in [6.45, 7) is 3.14. The van der Waals surface area contributed by atoms with Crippen molar-refractivity contribution in [3.05, 3.63) is 69.2 Å². The van der Waals surface area contributed by atoms with Gasteiger partial charge in [-0.05, 0) is 86.6 Å². The molecule has 18 heteroatoms. The predicted octanol–water partition coefficient (Wildman–Crippen LogP) is 5.55. The summed E-state index contributed by atoms with van der Waals surface area (Å²) < 4.78 is 39.0. The number of amides is 2. The van der Waals surface area contributed by atoms with E-state index in [1.807, 2.05) is 25.2 Å². The van der Waals surface area contributed by atoms with E-state index in [0.717, 1.165) is 62.0 Å². The number of rotatable bonds is 8. The number of benzene rings is 2. The number of piperidine rings is 3. The minimum Gasteiger partial charge on any atom is -0.480 e. The monoisotopic (exact) mass is 870 g/mol. The van der Waals surface area contributed by atoms with Crippen molar-refractivity contribution in [2.45, 2.75) is 74.8 Å². The molecular formula is C44H49ClF2N10O5. The number of carbonyl (C=O) groups excluding carboxylic acids is 2. The quantitative estimate of drug-likeness (QED) is 0.144. The van der Waals surface area contributed by atoms with Gasteiger partial charge in [-0.2, -0.15) is 10.1 Å². The highest BCUT2D eigenvalue weighted by Gasteiger charge is 2.51. The topological polar surface area (TPSA) is 172 Å². The maximum Gasteiger partial charge on any atom is 0.301 e. The molecule has 4 fully saturated rings. The Bertz CT molecular complexity index is 2670. The van der Waals surface area contributed by atoms with Gasteiger partial charge in [0, 0.05) is 69.7 Å². The van der Waals surface area contributed by atoms with Gasteiger partial charge in [-0.3, -0.25) is 24.4 Å². The molecule has 2 aromatic carbocycles. The van der Waals surface area contributed by atoms with Crippen LogP contribution in [-0.2, 0) is 29.3 Å². The molecule has 0 spiro atoms. The molecule has 1 saturated carbocycles. The fourth-order valence-electron chi connectivity index (χ4n) is 9.88. The summed E-state index contributed by atoms with van der Waals surface area (Å²) >= 11 is 6.62. The van der Waals surface area contributed by atoms with E-state index >= 15 is 8.78 Å². The lowest BCUT2D eigenvalue weighted by atomic mass is 9.83. The van der Waals surface area contributed by atoms with E-state index in [0.29, 0.717) is 77.1 Å². The second-order valence-electron chi connectivity index (χ2n) is 17.8. The van der Waals surface area contributed by atoms with Crippen LogP contribution < -0.4 is 31.1 Å². The maximum absolute atomic E-state index is 15.2. The molecule has 5 aromatic rings. The highest BCUT2D eigenvalue weighted by Crippen LogP contribution is 2.46. The van der Waals surface area contributed by atoms with Crippen molar-refractivity contribution >= 4 is 68.4 Å². The number of nitrogens with zero attached hydrogens (tertiary/aromatic N) is 7. The van der Waals surface area contributed by atoms with Crippen molar-refractivity contribution in [3.8, 4) is 5.75 Å². The molecule has 2 unspecified atom stereocenters. The van der Waals surface area contributed by atoms with E-state index in [1.54, 1.807) is 36.1 Å². The van der Waals surface area contributed by atoms with Gasteiger partial charge in [0.2, 0.25) is 23.5 Å². The first-order valence-electron chi connectivity index (χ1n) is 21.5. The summed E-state index contributed by atoms with van der Waals surface area (Å²) in [6, 6.07) is 10.1. The first-order valence-corrected chi connectivity index (χ1v) is 21.9. The number of pyridine rings is 1. The molecule has 1 aliphatic carbocycles. The number of ether oxygens (including phenoxy) is 1. The normalized spacial score (nSPS) is 23.1. The number of hydrogen-bond donors (Lipinski definition) is 4. The number of nitrogens with one attached hydrogen (secondary N) is 3. The third kappa shape index (κ3) is 7.40. The number of anilines is 4. The summed E-state index contributed by atoms with van der Waals surface area (Å²) in [6.07, 6.45) is 6.78. The Labute approximate surface area is 360 Å². The molecule has 4 aliphatic heterocycles. The fraction of sp³-hybridized carbons (Fsp3) is 0.500. The minimum atomic E-state index is -3.14. The van der Waals surface area contributed by atoms with Crippen LogP contribution in [0.2, 0.25) is 5.02 Å². The lowest BCUT2D eigenvalue weighted by Crippen LogP contribution is -2.46. The molecule has 10 rings (SSSR count). The fourth-order valence-corrected chi connectivity index (χ4v) is 10.0. The standard InChI is InChI=1S/C44H49ClF2N10O5/c1-54-32-9-6-27(20-30(32)36-37(41(54)60)62-23-44(46,47)38(51-36)25-3-4-25)49-39-31(45)21-48-42(52-39)57-15-11-24(12-16-57)22-56-17-13-43(61,14-18-56)26-5-7-28-33(19-26)55(2)53-35(28)29-8-10-34(58)50-40(29)59/h5-7,9,19-21,24-25,29,38,51,61H,3-4,8,10-18,22-23H2,1-2H3,(H,48,49,52)(H,50,58,59). The average Bonchev–Trinajstić information content (AvgIpc) is 4.06. The molecule has 4 N–H and O–H groups in total. The Hall–Kier alpha value is -5.39. The van der Waals surface area contributed by atoms with Crippen molar-refractivity contribution in [2.24, 2.45) is 25.9 Å². The molecule has 5 aliphatic rings. The molecule has 2 atom stereocenters. The first kappa shape index (κ1) is 40.7. The number of fused-ring (bicyclic) bond motifs is 4. The van der Waals surface area contributed by atoms with E-state index in [-0.39, 0.29) is 35.6 Å². The van der Waals surface area contributed by atoms with Crippen LogP contribution in [0.4, 0.5) is 31.9 Å². The molecule has 2 amide bonds. The summed E-state index contributed by atoms with van der Waals surface area (Å²) in [4.78, 5) is 51.5. The second kappa shape index (κ2) is 15.4. The molecule has 326 valence electrons. The molecule has 0 bridgehead atoms. The summed E-state index contributed by atoms with van der Waals surface area (Å²) in [7, 11) is 3.44. The maximum atomic E-state index is 15.2. The van der Waals surface area contributed by atoms with Crippen LogP contribution >= 0.6 is 11.6 Å². The van der Waals surface area contributed by atoms with E-state index < -0.39 is 35.6 Å². The molecule has 15 nitrogen and oxygen atoms in total. The SMILES string of the molecule is Cn1nc(C2CCC(=O)NC2=O)c2ccc(C3(O)CCN(CC4CCN(c5ncc(Cl)c(Nc6ccc7c(c6)c6c(c(=O)n7C)OCC(F)(F)C(C7CC7)N6)n5)CC4)CC3)cc21. The lowest BCUT2D eigenvalue weighted by molar-refractivity contribution is -0.134. The van der Waals surface area contributed by atoms with Crippen LogP contribution in [-0.4, -0.2) is 97.4 Å². The van der Waals surface area contributed by atoms with Gasteiger partial charge in [0.25, 0.3) is 5.56 Å². The highest BCUT2D eigenvalue weighted by atomic mass is 35.5. The number of aliphatic hydroxyl groups is 1. The van der Waals surface area contributed by atoms with Gasteiger partial charge in [-0.15, -0.1) is 0 Å². The second-order valence-corrected chi connectivity index (χ2v) is 18.2.